The van der Waals surface area contributed by atoms with Gasteiger partial charge in [-0.1, -0.05) is 6.92 Å². The van der Waals surface area contributed by atoms with Gasteiger partial charge in [0.15, 0.2) is 0 Å². The predicted octanol–water partition coefficient (Wildman–Crippen LogP) is 2.88. The number of hydrogen-bond acceptors (Lipinski definition) is 5. The summed E-state index contributed by atoms with van der Waals surface area (Å²) in [5.41, 5.74) is -0.209. The fraction of sp³-hybridized carbons (Fsp3) is 0.364. The monoisotopic (exact) mass is 255 g/mol. The molecule has 0 unspecified atom stereocenters. The molecule has 0 saturated heterocycles. The van der Waals surface area contributed by atoms with Crippen molar-refractivity contribution in [3.8, 4) is 0 Å². The number of nitro groups is 1. The summed E-state index contributed by atoms with van der Waals surface area (Å²) in [5.74, 6) is -0.644. The van der Waals surface area contributed by atoms with Gasteiger partial charge in [-0.25, -0.2) is 4.79 Å². The summed E-state index contributed by atoms with van der Waals surface area (Å²) in [6, 6.07) is 4.43. The van der Waals surface area contributed by atoms with Crippen LogP contribution in [-0.2, 0) is 4.74 Å². The molecule has 0 aromatic heterocycles. The van der Waals surface area contributed by atoms with Gasteiger partial charge in [-0.15, -0.1) is 11.8 Å². The second-order valence-electron chi connectivity index (χ2n) is 3.28. The molecule has 0 fully saturated rings. The number of nitrogens with zero attached hydrogens (tertiary/aromatic N) is 1. The van der Waals surface area contributed by atoms with Crippen molar-refractivity contribution in [1.29, 1.82) is 0 Å². The molecule has 1 rings (SSSR count). The zero-order valence-electron chi connectivity index (χ0n) is 9.63. The predicted molar refractivity (Wildman–Crippen MR) is 65.5 cm³/mol. The van der Waals surface area contributed by atoms with Gasteiger partial charge in [-0.05, 0) is 24.8 Å². The molecule has 17 heavy (non-hydrogen) atoms. The van der Waals surface area contributed by atoms with Crippen LogP contribution in [0.3, 0.4) is 0 Å². The van der Waals surface area contributed by atoms with Crippen LogP contribution in [0.15, 0.2) is 23.1 Å². The number of benzene rings is 1. The van der Waals surface area contributed by atoms with E-state index in [2.05, 4.69) is 0 Å². The highest BCUT2D eigenvalue weighted by atomic mass is 32.2. The summed E-state index contributed by atoms with van der Waals surface area (Å²) in [6.07, 6.45) is 2.52. The molecule has 6 heteroatoms. The zero-order valence-corrected chi connectivity index (χ0v) is 10.5. The zero-order chi connectivity index (χ0) is 12.8. The lowest BCUT2D eigenvalue weighted by molar-refractivity contribution is -0.385. The van der Waals surface area contributed by atoms with Gasteiger partial charge in [0.2, 0.25) is 0 Å². The van der Waals surface area contributed by atoms with E-state index in [1.807, 2.05) is 13.2 Å². The molecule has 5 nitrogen and oxygen atoms in total. The summed E-state index contributed by atoms with van der Waals surface area (Å²) in [6.45, 7) is 2.12. The highest BCUT2D eigenvalue weighted by molar-refractivity contribution is 7.98. The first-order chi connectivity index (χ1) is 8.10. The van der Waals surface area contributed by atoms with Gasteiger partial charge < -0.3 is 4.74 Å². The molecule has 0 aliphatic rings. The Labute approximate surface area is 103 Å². The molecule has 1 aromatic carbocycles. The van der Waals surface area contributed by atoms with Crippen molar-refractivity contribution in [1.82, 2.24) is 0 Å². The average Bonchev–Trinajstić information content (AvgIpc) is 2.34. The smallest absolute Gasteiger partial charge is 0.345 e. The fourth-order valence-electron chi connectivity index (χ4n) is 1.24. The topological polar surface area (TPSA) is 69.4 Å². The Morgan fingerprint density at radius 2 is 2.24 bits per heavy atom. The first-order valence-electron chi connectivity index (χ1n) is 5.09. The Hall–Kier alpha value is -1.56. The lowest BCUT2D eigenvalue weighted by Crippen LogP contribution is -2.09. The Morgan fingerprint density at radius 3 is 2.76 bits per heavy atom. The van der Waals surface area contributed by atoms with Crippen LogP contribution in [0, 0.1) is 10.1 Å². The molecule has 0 amide bonds. The van der Waals surface area contributed by atoms with Gasteiger partial charge in [0.25, 0.3) is 5.69 Å². The number of nitro benzene ring substituents is 1. The van der Waals surface area contributed by atoms with Crippen LogP contribution in [0.1, 0.15) is 23.7 Å². The molecule has 0 spiro atoms. The fourth-order valence-corrected chi connectivity index (χ4v) is 1.68. The highest BCUT2D eigenvalue weighted by Gasteiger charge is 2.21. The Morgan fingerprint density at radius 1 is 1.53 bits per heavy atom. The number of hydrogen-bond donors (Lipinski definition) is 0. The molecule has 0 bridgehead atoms. The second kappa shape index (κ2) is 6.24. The van der Waals surface area contributed by atoms with Gasteiger partial charge in [0.05, 0.1) is 11.5 Å². The number of carbonyl (C=O) groups is 1. The van der Waals surface area contributed by atoms with Crippen molar-refractivity contribution in [2.24, 2.45) is 0 Å². The van der Waals surface area contributed by atoms with Crippen molar-refractivity contribution >= 4 is 23.4 Å². The van der Waals surface area contributed by atoms with E-state index in [1.54, 1.807) is 6.07 Å². The maximum atomic E-state index is 11.7. The Bertz CT molecular complexity index is 433. The third-order valence-corrected chi connectivity index (χ3v) is 2.78. The van der Waals surface area contributed by atoms with Crippen LogP contribution in [0.4, 0.5) is 5.69 Å². The van der Waals surface area contributed by atoms with Gasteiger partial charge in [0.1, 0.15) is 5.56 Å². The van der Waals surface area contributed by atoms with Crippen LogP contribution in [0.25, 0.3) is 0 Å². The summed E-state index contributed by atoms with van der Waals surface area (Å²) in [5, 5.41) is 10.8. The maximum absolute atomic E-state index is 11.7. The average molecular weight is 255 g/mol. The first kappa shape index (κ1) is 13.5. The molecule has 0 aliphatic carbocycles. The van der Waals surface area contributed by atoms with Crippen LogP contribution in [-0.4, -0.2) is 23.8 Å². The van der Waals surface area contributed by atoms with Gasteiger partial charge in [-0.2, -0.15) is 0 Å². The van der Waals surface area contributed by atoms with Gasteiger partial charge in [0, 0.05) is 11.0 Å². The minimum atomic E-state index is -0.644. The maximum Gasteiger partial charge on any atom is 0.345 e. The van der Waals surface area contributed by atoms with Crippen molar-refractivity contribution < 1.29 is 14.5 Å². The Balaban J connectivity index is 3.08. The highest BCUT2D eigenvalue weighted by Crippen LogP contribution is 2.25. The van der Waals surface area contributed by atoms with Crippen molar-refractivity contribution in [2.45, 2.75) is 18.2 Å². The molecule has 0 aliphatic heterocycles. The summed E-state index contributed by atoms with van der Waals surface area (Å²) in [4.78, 5) is 22.7. The minimum absolute atomic E-state index is 0.00954. The quantitative estimate of drug-likeness (QED) is 0.350. The molecular weight excluding hydrogens is 242 g/mol. The molecule has 0 heterocycles. The first-order valence-corrected chi connectivity index (χ1v) is 6.32. The molecule has 92 valence electrons. The van der Waals surface area contributed by atoms with Crippen LogP contribution >= 0.6 is 11.8 Å². The van der Waals surface area contributed by atoms with E-state index in [4.69, 9.17) is 4.74 Å². The molecular formula is C11H13NO4S. The number of esters is 1. The molecule has 0 saturated carbocycles. The van der Waals surface area contributed by atoms with E-state index in [9.17, 15) is 14.9 Å². The van der Waals surface area contributed by atoms with E-state index in [0.717, 1.165) is 4.90 Å². The van der Waals surface area contributed by atoms with E-state index in [0.29, 0.717) is 6.42 Å². The lowest BCUT2D eigenvalue weighted by atomic mass is 10.2. The number of rotatable bonds is 5. The largest absolute Gasteiger partial charge is 0.462 e. The van der Waals surface area contributed by atoms with Gasteiger partial charge in [-0.3, -0.25) is 10.1 Å². The number of thioether (sulfide) groups is 1. The molecule has 0 radical (unpaired) electrons. The SMILES string of the molecule is CCCOC(=O)c1cc(SC)ccc1[N+](=O)[O-]. The number of ether oxygens (including phenoxy) is 1. The van der Waals surface area contributed by atoms with E-state index in [1.165, 1.54) is 23.9 Å². The summed E-state index contributed by atoms with van der Waals surface area (Å²) >= 11 is 1.41. The van der Waals surface area contributed by atoms with E-state index >= 15 is 0 Å². The van der Waals surface area contributed by atoms with Crippen molar-refractivity contribution in [2.75, 3.05) is 12.9 Å². The summed E-state index contributed by atoms with van der Waals surface area (Å²) in [7, 11) is 0. The van der Waals surface area contributed by atoms with E-state index in [-0.39, 0.29) is 17.9 Å². The third kappa shape index (κ3) is 3.45. The molecule has 0 N–H and O–H groups in total. The van der Waals surface area contributed by atoms with E-state index < -0.39 is 10.9 Å². The van der Waals surface area contributed by atoms with Crippen molar-refractivity contribution in [3.63, 3.8) is 0 Å². The normalized spacial score (nSPS) is 10.0. The number of carbonyl (C=O) groups excluding carboxylic acids is 1. The minimum Gasteiger partial charge on any atom is -0.462 e. The third-order valence-electron chi connectivity index (χ3n) is 2.06. The lowest BCUT2D eigenvalue weighted by Gasteiger charge is -2.05. The molecule has 1 aromatic rings. The second-order valence-corrected chi connectivity index (χ2v) is 4.16. The van der Waals surface area contributed by atoms with Crippen LogP contribution < -0.4 is 0 Å². The van der Waals surface area contributed by atoms with Crippen molar-refractivity contribution in [3.05, 3.63) is 33.9 Å². The Kier molecular flexibility index (Phi) is 4.96. The van der Waals surface area contributed by atoms with Crippen LogP contribution in [0.5, 0.6) is 0 Å². The van der Waals surface area contributed by atoms with Gasteiger partial charge >= 0.3 is 5.97 Å². The standard InChI is InChI=1S/C11H13NO4S/c1-3-6-16-11(13)9-7-8(17-2)4-5-10(9)12(14)15/h4-5,7H,3,6H2,1-2H3. The van der Waals surface area contributed by atoms with Crippen LogP contribution in [0.2, 0.25) is 0 Å². The summed E-state index contributed by atoms with van der Waals surface area (Å²) < 4.78 is 4.91. The molecule has 0 atom stereocenters.